The number of morpholine rings is 1. The van der Waals surface area contributed by atoms with E-state index in [1.165, 1.54) is 33.5 Å². The van der Waals surface area contributed by atoms with E-state index in [0.29, 0.717) is 0 Å². The van der Waals surface area contributed by atoms with Gasteiger partial charge in [0.1, 0.15) is 16.5 Å². The van der Waals surface area contributed by atoms with E-state index >= 15 is 0 Å². The third-order valence-electron chi connectivity index (χ3n) is 6.15. The van der Waals surface area contributed by atoms with E-state index in [-0.39, 0.29) is 5.41 Å². The molecule has 1 aliphatic heterocycles. The van der Waals surface area contributed by atoms with Gasteiger partial charge in [0.15, 0.2) is 0 Å². The van der Waals surface area contributed by atoms with Crippen LogP contribution in [-0.4, -0.2) is 73.3 Å². The summed E-state index contributed by atoms with van der Waals surface area (Å²) in [6, 6.07) is 0. The molecule has 0 spiro atoms. The van der Waals surface area contributed by atoms with Crippen molar-refractivity contribution >= 4 is 27.4 Å². The zero-order valence-electron chi connectivity index (χ0n) is 19.3. The third kappa shape index (κ3) is 5.13. The molecule has 0 bridgehead atoms. The summed E-state index contributed by atoms with van der Waals surface area (Å²) in [6.45, 7) is 13.3. The van der Waals surface area contributed by atoms with Crippen LogP contribution in [0.3, 0.4) is 0 Å². The molecular weight excluding hydrogens is 394 g/mol. The predicted octanol–water partition coefficient (Wildman–Crippen LogP) is 3.65. The van der Waals surface area contributed by atoms with Gasteiger partial charge in [-0.3, -0.25) is 4.90 Å². The van der Waals surface area contributed by atoms with Crippen molar-refractivity contribution in [1.29, 1.82) is 0 Å². The lowest BCUT2D eigenvalue weighted by atomic mass is 9.89. The van der Waals surface area contributed by atoms with Crippen LogP contribution < -0.4 is 5.32 Å². The lowest BCUT2D eigenvalue weighted by Crippen LogP contribution is -2.36. The molecule has 30 heavy (non-hydrogen) atoms. The van der Waals surface area contributed by atoms with Crippen molar-refractivity contribution in [2.24, 2.45) is 11.3 Å². The highest BCUT2D eigenvalue weighted by atomic mass is 32.1. The standard InChI is InChI=1S/C23H37N5OS/c1-16-6-7-17-18(12-16)30-22-20(17)21(24-14-23(2,3)15-27(4)5)25-19(26-22)13-28-8-10-29-11-9-28/h16H,6-15H2,1-5H3,(H,24,25,26)/t16-/m0/s1. The maximum Gasteiger partial charge on any atom is 0.146 e. The summed E-state index contributed by atoms with van der Waals surface area (Å²) in [7, 11) is 4.28. The van der Waals surface area contributed by atoms with Crippen molar-refractivity contribution < 1.29 is 4.74 Å². The minimum Gasteiger partial charge on any atom is -0.379 e. The van der Waals surface area contributed by atoms with Gasteiger partial charge < -0.3 is 15.0 Å². The molecule has 1 atom stereocenters. The minimum atomic E-state index is 0.162. The number of nitrogens with one attached hydrogen (secondary N) is 1. The first-order chi connectivity index (χ1) is 14.3. The van der Waals surface area contributed by atoms with E-state index in [0.717, 1.165) is 69.9 Å². The molecule has 2 aromatic heterocycles. The van der Waals surface area contributed by atoms with Gasteiger partial charge in [0.25, 0.3) is 0 Å². The second kappa shape index (κ2) is 9.07. The number of fused-ring (bicyclic) bond motifs is 3. The highest BCUT2D eigenvalue weighted by Gasteiger charge is 2.26. The summed E-state index contributed by atoms with van der Waals surface area (Å²) < 4.78 is 5.51. The first-order valence-corrected chi connectivity index (χ1v) is 12.1. The number of rotatable bonds is 7. The van der Waals surface area contributed by atoms with Crippen LogP contribution in [0.2, 0.25) is 0 Å². The van der Waals surface area contributed by atoms with E-state index in [9.17, 15) is 0 Å². The predicted molar refractivity (Wildman–Crippen MR) is 126 cm³/mol. The Balaban J connectivity index is 1.65. The largest absolute Gasteiger partial charge is 0.379 e. The fraction of sp³-hybridized carbons (Fsp3) is 0.739. The number of aryl methyl sites for hydroxylation is 1. The maximum atomic E-state index is 5.51. The lowest BCUT2D eigenvalue weighted by Gasteiger charge is -2.29. The summed E-state index contributed by atoms with van der Waals surface area (Å²) >= 11 is 1.90. The average molecular weight is 432 g/mol. The van der Waals surface area contributed by atoms with Crippen molar-refractivity contribution in [2.75, 3.05) is 58.8 Å². The van der Waals surface area contributed by atoms with E-state index in [2.05, 4.69) is 50.0 Å². The molecule has 0 amide bonds. The number of aromatic nitrogens is 2. The van der Waals surface area contributed by atoms with Crippen LogP contribution in [0.15, 0.2) is 0 Å². The van der Waals surface area contributed by atoms with Gasteiger partial charge in [-0.05, 0) is 50.3 Å². The fourth-order valence-electron chi connectivity index (χ4n) is 4.78. The molecule has 166 valence electrons. The number of nitrogens with zero attached hydrogens (tertiary/aromatic N) is 4. The van der Waals surface area contributed by atoms with Gasteiger partial charge in [-0.1, -0.05) is 20.8 Å². The fourth-order valence-corrected chi connectivity index (χ4v) is 6.18. The molecule has 2 aliphatic rings. The van der Waals surface area contributed by atoms with Crippen LogP contribution >= 0.6 is 11.3 Å². The van der Waals surface area contributed by atoms with Gasteiger partial charge in [-0.15, -0.1) is 11.3 Å². The molecule has 2 aromatic rings. The zero-order chi connectivity index (χ0) is 21.3. The highest BCUT2D eigenvalue weighted by Crippen LogP contribution is 2.40. The molecule has 4 rings (SSSR count). The molecule has 0 aromatic carbocycles. The van der Waals surface area contributed by atoms with E-state index < -0.39 is 0 Å². The number of hydrogen-bond acceptors (Lipinski definition) is 7. The second-order valence-electron chi connectivity index (χ2n) is 10.2. The Morgan fingerprint density at radius 2 is 2.00 bits per heavy atom. The average Bonchev–Trinajstić information content (AvgIpc) is 3.03. The van der Waals surface area contributed by atoms with Gasteiger partial charge in [0.2, 0.25) is 0 Å². The molecule has 1 saturated heterocycles. The molecular formula is C23H37N5OS. The van der Waals surface area contributed by atoms with Crippen LogP contribution in [0.1, 0.15) is 43.5 Å². The normalized spacial score (nSPS) is 20.7. The summed E-state index contributed by atoms with van der Waals surface area (Å²) in [5.74, 6) is 2.74. The molecule has 1 fully saturated rings. The summed E-state index contributed by atoms with van der Waals surface area (Å²) in [5, 5.41) is 5.03. The van der Waals surface area contributed by atoms with Gasteiger partial charge >= 0.3 is 0 Å². The minimum absolute atomic E-state index is 0.162. The van der Waals surface area contributed by atoms with Crippen molar-refractivity contribution in [1.82, 2.24) is 19.8 Å². The molecule has 1 aliphatic carbocycles. The van der Waals surface area contributed by atoms with E-state index in [4.69, 9.17) is 14.7 Å². The smallest absolute Gasteiger partial charge is 0.146 e. The number of thiophene rings is 1. The Hall–Kier alpha value is -1.28. The maximum absolute atomic E-state index is 5.51. The van der Waals surface area contributed by atoms with Crippen molar-refractivity contribution in [3.8, 4) is 0 Å². The number of hydrogen-bond donors (Lipinski definition) is 1. The van der Waals surface area contributed by atoms with Gasteiger partial charge in [0.05, 0.1) is 25.1 Å². The van der Waals surface area contributed by atoms with Crippen molar-refractivity contribution in [2.45, 2.75) is 46.6 Å². The molecule has 0 radical (unpaired) electrons. The number of anilines is 1. The lowest BCUT2D eigenvalue weighted by molar-refractivity contribution is 0.0331. The molecule has 0 saturated carbocycles. The van der Waals surface area contributed by atoms with Crippen LogP contribution in [0.4, 0.5) is 5.82 Å². The SMILES string of the molecule is C[C@H]1CCc2c(sc3nc(CN4CCOCC4)nc(NCC(C)(C)CN(C)C)c23)C1. The van der Waals surface area contributed by atoms with Gasteiger partial charge in [-0.25, -0.2) is 9.97 Å². The summed E-state index contributed by atoms with van der Waals surface area (Å²) in [6.07, 6.45) is 3.60. The van der Waals surface area contributed by atoms with Crippen LogP contribution in [0.25, 0.3) is 10.2 Å². The third-order valence-corrected chi connectivity index (χ3v) is 7.30. The molecule has 1 N–H and O–H groups in total. The Kier molecular flexibility index (Phi) is 6.63. The Morgan fingerprint density at radius 3 is 2.73 bits per heavy atom. The first-order valence-electron chi connectivity index (χ1n) is 11.3. The van der Waals surface area contributed by atoms with Crippen LogP contribution in [0, 0.1) is 11.3 Å². The van der Waals surface area contributed by atoms with Gasteiger partial charge in [-0.2, -0.15) is 0 Å². The first kappa shape index (κ1) is 21.9. The Morgan fingerprint density at radius 1 is 1.23 bits per heavy atom. The quantitative estimate of drug-likeness (QED) is 0.722. The van der Waals surface area contributed by atoms with Crippen molar-refractivity contribution in [3.05, 3.63) is 16.3 Å². The monoisotopic (exact) mass is 431 g/mol. The second-order valence-corrected chi connectivity index (χ2v) is 11.2. The van der Waals surface area contributed by atoms with Crippen molar-refractivity contribution in [3.63, 3.8) is 0 Å². The molecule has 6 nitrogen and oxygen atoms in total. The Labute approximate surface area is 185 Å². The van der Waals surface area contributed by atoms with Gasteiger partial charge in [0, 0.05) is 31.1 Å². The van der Waals surface area contributed by atoms with Crippen LogP contribution in [0.5, 0.6) is 0 Å². The number of ether oxygens (including phenoxy) is 1. The molecule has 3 heterocycles. The molecule has 0 unspecified atom stereocenters. The molecule has 7 heteroatoms. The highest BCUT2D eigenvalue weighted by molar-refractivity contribution is 7.19. The summed E-state index contributed by atoms with van der Waals surface area (Å²) in [4.78, 5) is 17.4. The summed E-state index contributed by atoms with van der Waals surface area (Å²) in [5.41, 5.74) is 1.66. The topological polar surface area (TPSA) is 53.5 Å². The zero-order valence-corrected chi connectivity index (χ0v) is 20.1. The van der Waals surface area contributed by atoms with Crippen LogP contribution in [-0.2, 0) is 24.1 Å². The van der Waals surface area contributed by atoms with E-state index in [1.54, 1.807) is 0 Å². The Bertz CT molecular complexity index is 872. The van der Waals surface area contributed by atoms with E-state index in [1.807, 2.05) is 11.3 Å².